The normalized spacial score (nSPS) is 42.9. The minimum absolute atomic E-state index is 0.0524. The highest BCUT2D eigenvalue weighted by Gasteiger charge is 2.62. The molecule has 2 fully saturated rings. The molecule has 2 saturated carbocycles. The van der Waals surface area contributed by atoms with E-state index in [1.165, 1.54) is 12.7 Å². The molecule has 0 saturated heterocycles. The SMILES string of the molecule is COC(=O)[C@]1(CO)CCC[C@]2(C)[C@H]3Cc4occc4[C@H](C)[C@@H]3CC[C@@H]12. The van der Waals surface area contributed by atoms with Gasteiger partial charge >= 0.3 is 5.97 Å². The number of fused-ring (bicyclic) bond motifs is 4. The summed E-state index contributed by atoms with van der Waals surface area (Å²) in [5, 5.41) is 10.2. The van der Waals surface area contributed by atoms with Crippen molar-refractivity contribution in [3.63, 3.8) is 0 Å². The van der Waals surface area contributed by atoms with E-state index < -0.39 is 5.41 Å². The molecule has 25 heavy (non-hydrogen) atoms. The van der Waals surface area contributed by atoms with E-state index in [9.17, 15) is 9.90 Å². The highest BCUT2D eigenvalue weighted by atomic mass is 16.5. The predicted molar refractivity (Wildman–Crippen MR) is 94.0 cm³/mol. The third kappa shape index (κ3) is 2.19. The van der Waals surface area contributed by atoms with Gasteiger partial charge in [0.25, 0.3) is 0 Å². The van der Waals surface area contributed by atoms with Crippen molar-refractivity contribution < 1.29 is 19.1 Å². The van der Waals surface area contributed by atoms with E-state index in [4.69, 9.17) is 9.15 Å². The molecular formula is C21H30O4. The predicted octanol–water partition coefficient (Wildman–Crippen LogP) is 3.92. The summed E-state index contributed by atoms with van der Waals surface area (Å²) in [6.07, 6.45) is 7.76. The second-order valence-corrected chi connectivity index (χ2v) is 8.86. The first kappa shape index (κ1) is 17.1. The zero-order valence-corrected chi connectivity index (χ0v) is 15.6. The third-order valence-corrected chi connectivity index (χ3v) is 8.15. The molecule has 6 atom stereocenters. The summed E-state index contributed by atoms with van der Waals surface area (Å²) >= 11 is 0. The van der Waals surface area contributed by atoms with Crippen molar-refractivity contribution in [3.05, 3.63) is 23.7 Å². The van der Waals surface area contributed by atoms with E-state index in [-0.39, 0.29) is 23.9 Å². The molecule has 1 N–H and O–H groups in total. The van der Waals surface area contributed by atoms with Crippen molar-refractivity contribution in [1.29, 1.82) is 0 Å². The lowest BCUT2D eigenvalue weighted by atomic mass is 9.43. The number of esters is 1. The summed E-state index contributed by atoms with van der Waals surface area (Å²) in [5.74, 6) is 2.76. The highest BCUT2D eigenvalue weighted by molar-refractivity contribution is 5.77. The lowest BCUT2D eigenvalue weighted by Crippen LogP contribution is -2.59. The Hall–Kier alpha value is -1.29. The Kier molecular flexibility index (Phi) is 4.02. The van der Waals surface area contributed by atoms with Crippen LogP contribution in [0.25, 0.3) is 0 Å². The summed E-state index contributed by atoms with van der Waals surface area (Å²) in [6, 6.07) is 2.14. The summed E-state index contributed by atoms with van der Waals surface area (Å²) in [6.45, 7) is 4.60. The molecular weight excluding hydrogens is 316 g/mol. The first-order valence-corrected chi connectivity index (χ1v) is 9.73. The molecule has 4 nitrogen and oxygen atoms in total. The van der Waals surface area contributed by atoms with Gasteiger partial charge in [-0.1, -0.05) is 20.3 Å². The van der Waals surface area contributed by atoms with Gasteiger partial charge in [0.2, 0.25) is 0 Å². The first-order valence-electron chi connectivity index (χ1n) is 9.73. The number of methoxy groups -OCH3 is 1. The fourth-order valence-electron chi connectivity index (χ4n) is 6.90. The van der Waals surface area contributed by atoms with Crippen LogP contribution in [0.1, 0.15) is 63.2 Å². The van der Waals surface area contributed by atoms with Crippen LogP contribution in [0.15, 0.2) is 16.7 Å². The van der Waals surface area contributed by atoms with E-state index in [1.807, 2.05) is 6.26 Å². The molecule has 0 spiro atoms. The van der Waals surface area contributed by atoms with Crippen molar-refractivity contribution in [3.8, 4) is 0 Å². The molecule has 0 bridgehead atoms. The maximum absolute atomic E-state index is 12.7. The van der Waals surface area contributed by atoms with Crippen LogP contribution in [0, 0.1) is 28.6 Å². The van der Waals surface area contributed by atoms with Crippen molar-refractivity contribution in [2.75, 3.05) is 13.7 Å². The average molecular weight is 346 g/mol. The number of aliphatic hydroxyl groups is 1. The maximum Gasteiger partial charge on any atom is 0.314 e. The summed E-state index contributed by atoms with van der Waals surface area (Å²) in [5.41, 5.74) is 0.705. The molecule has 3 aliphatic carbocycles. The van der Waals surface area contributed by atoms with Gasteiger partial charge in [-0.25, -0.2) is 0 Å². The zero-order valence-electron chi connectivity index (χ0n) is 15.6. The summed E-state index contributed by atoms with van der Waals surface area (Å²) in [4.78, 5) is 12.7. The Bertz CT molecular complexity index is 665. The van der Waals surface area contributed by atoms with Crippen LogP contribution < -0.4 is 0 Å². The Balaban J connectivity index is 1.75. The molecule has 3 aliphatic rings. The Morgan fingerprint density at radius 2 is 2.20 bits per heavy atom. The van der Waals surface area contributed by atoms with E-state index in [0.717, 1.165) is 44.3 Å². The Labute approximate surface area is 149 Å². The van der Waals surface area contributed by atoms with Gasteiger partial charge < -0.3 is 14.3 Å². The van der Waals surface area contributed by atoms with Gasteiger partial charge in [0.15, 0.2) is 0 Å². The Morgan fingerprint density at radius 3 is 2.92 bits per heavy atom. The second kappa shape index (κ2) is 5.87. The average Bonchev–Trinajstić information content (AvgIpc) is 3.09. The molecule has 0 radical (unpaired) electrons. The quantitative estimate of drug-likeness (QED) is 0.825. The van der Waals surface area contributed by atoms with Gasteiger partial charge in [-0.2, -0.15) is 0 Å². The standard InChI is InChI=1S/C21H30O4/c1-13-14-5-6-18-20(2,16(14)11-17-15(13)7-10-25-17)8-4-9-21(18,12-22)19(23)24-3/h7,10,13-14,16,18,22H,4-6,8-9,11-12H2,1-3H3/t13-,14+,16+,18-,20-,21+/m1/s1. The fourth-order valence-corrected chi connectivity index (χ4v) is 6.90. The van der Waals surface area contributed by atoms with Crippen molar-refractivity contribution in [2.24, 2.45) is 28.6 Å². The highest BCUT2D eigenvalue weighted by Crippen LogP contribution is 2.65. The molecule has 1 aromatic heterocycles. The number of hydrogen-bond acceptors (Lipinski definition) is 4. The summed E-state index contributed by atoms with van der Waals surface area (Å²) < 4.78 is 11.0. The van der Waals surface area contributed by atoms with Gasteiger partial charge in [0.05, 0.1) is 25.4 Å². The molecule has 138 valence electrons. The number of aliphatic hydroxyl groups excluding tert-OH is 1. The van der Waals surface area contributed by atoms with Crippen molar-refractivity contribution in [1.82, 2.24) is 0 Å². The minimum atomic E-state index is -0.723. The van der Waals surface area contributed by atoms with Gasteiger partial charge in [-0.15, -0.1) is 0 Å². The largest absolute Gasteiger partial charge is 0.469 e. The number of carbonyl (C=O) groups excluding carboxylic acids is 1. The molecule has 0 aliphatic heterocycles. The van der Waals surface area contributed by atoms with Crippen molar-refractivity contribution in [2.45, 2.75) is 58.3 Å². The molecule has 0 amide bonds. The minimum Gasteiger partial charge on any atom is -0.469 e. The van der Waals surface area contributed by atoms with Crippen molar-refractivity contribution >= 4 is 5.97 Å². The van der Waals surface area contributed by atoms with E-state index in [1.54, 1.807) is 0 Å². The molecule has 4 heteroatoms. The van der Waals surface area contributed by atoms with Crippen LogP contribution in [0.3, 0.4) is 0 Å². The monoisotopic (exact) mass is 346 g/mol. The lowest BCUT2D eigenvalue weighted by molar-refractivity contribution is -0.183. The van der Waals surface area contributed by atoms with Crippen LogP contribution in [0.5, 0.6) is 0 Å². The van der Waals surface area contributed by atoms with E-state index in [0.29, 0.717) is 17.8 Å². The molecule has 0 unspecified atom stereocenters. The number of hydrogen-bond donors (Lipinski definition) is 1. The Morgan fingerprint density at radius 1 is 1.40 bits per heavy atom. The number of ether oxygens (including phenoxy) is 1. The van der Waals surface area contributed by atoms with Crippen LogP contribution in [-0.2, 0) is 16.0 Å². The number of carbonyl (C=O) groups is 1. The van der Waals surface area contributed by atoms with E-state index >= 15 is 0 Å². The molecule has 1 aromatic rings. The fraction of sp³-hybridized carbons (Fsp3) is 0.762. The first-order chi connectivity index (χ1) is 12.0. The van der Waals surface area contributed by atoms with Gasteiger partial charge in [-0.05, 0) is 66.4 Å². The molecule has 0 aromatic carbocycles. The van der Waals surface area contributed by atoms with Crippen LogP contribution in [0.2, 0.25) is 0 Å². The smallest absolute Gasteiger partial charge is 0.314 e. The van der Waals surface area contributed by atoms with E-state index in [2.05, 4.69) is 19.9 Å². The van der Waals surface area contributed by atoms with Crippen LogP contribution >= 0.6 is 0 Å². The van der Waals surface area contributed by atoms with Gasteiger partial charge in [0, 0.05) is 6.42 Å². The third-order valence-electron chi connectivity index (χ3n) is 8.15. The van der Waals surface area contributed by atoms with Crippen LogP contribution in [0.4, 0.5) is 0 Å². The molecule has 4 rings (SSSR count). The van der Waals surface area contributed by atoms with Gasteiger partial charge in [0.1, 0.15) is 5.76 Å². The van der Waals surface area contributed by atoms with Gasteiger partial charge in [-0.3, -0.25) is 4.79 Å². The zero-order chi connectivity index (χ0) is 17.8. The lowest BCUT2D eigenvalue weighted by Gasteiger charge is -2.61. The second-order valence-electron chi connectivity index (χ2n) is 8.86. The topological polar surface area (TPSA) is 59.7 Å². The summed E-state index contributed by atoms with van der Waals surface area (Å²) in [7, 11) is 1.45. The number of rotatable bonds is 2. The number of furan rings is 1. The van der Waals surface area contributed by atoms with Crippen LogP contribution in [-0.4, -0.2) is 24.8 Å². The maximum atomic E-state index is 12.7. The molecule has 1 heterocycles.